The second-order valence-electron chi connectivity index (χ2n) is 4.85. The Kier molecular flexibility index (Phi) is 5.53. The smallest absolute Gasteiger partial charge is 0.251 e. The number of anilines is 1. The van der Waals surface area contributed by atoms with Gasteiger partial charge in [0.1, 0.15) is 0 Å². The fourth-order valence-electron chi connectivity index (χ4n) is 1.58. The van der Waals surface area contributed by atoms with Crippen molar-refractivity contribution in [2.24, 2.45) is 11.1 Å². The fraction of sp³-hybridized carbons (Fsp3) is 0.429. The van der Waals surface area contributed by atoms with Gasteiger partial charge in [0.2, 0.25) is 5.91 Å². The summed E-state index contributed by atoms with van der Waals surface area (Å²) in [5.41, 5.74) is 5.83. The number of carbonyl (C=O) groups is 2. The Balaban J connectivity index is 3.03. The number of benzene rings is 1. The van der Waals surface area contributed by atoms with Crippen LogP contribution >= 0.6 is 11.6 Å². The monoisotopic (exact) mass is 297 g/mol. The first-order valence-corrected chi connectivity index (χ1v) is 6.79. The lowest BCUT2D eigenvalue weighted by atomic mass is 9.86. The summed E-state index contributed by atoms with van der Waals surface area (Å²) in [5, 5.41) is 5.64. The lowest BCUT2D eigenvalue weighted by Gasteiger charge is -2.25. The van der Waals surface area contributed by atoms with Gasteiger partial charge in [-0.3, -0.25) is 9.59 Å². The molecule has 0 heterocycles. The molecule has 5 nitrogen and oxygen atoms in total. The molecule has 0 bridgehead atoms. The van der Waals surface area contributed by atoms with Crippen LogP contribution in [-0.4, -0.2) is 25.4 Å². The molecule has 1 aromatic carbocycles. The topological polar surface area (TPSA) is 84.2 Å². The van der Waals surface area contributed by atoms with Crippen LogP contribution in [-0.2, 0) is 4.79 Å². The molecule has 0 saturated heterocycles. The molecule has 1 rings (SSSR count). The third-order valence-corrected chi connectivity index (χ3v) is 3.81. The number of nitrogens with one attached hydrogen (secondary N) is 2. The zero-order valence-electron chi connectivity index (χ0n) is 11.9. The molecular weight excluding hydrogens is 278 g/mol. The van der Waals surface area contributed by atoms with Crippen molar-refractivity contribution in [2.75, 3.05) is 18.9 Å². The summed E-state index contributed by atoms with van der Waals surface area (Å²) >= 11 is 6.05. The van der Waals surface area contributed by atoms with Crippen molar-refractivity contribution in [3.63, 3.8) is 0 Å². The van der Waals surface area contributed by atoms with E-state index in [4.69, 9.17) is 17.3 Å². The minimum Gasteiger partial charge on any atom is -0.355 e. The molecule has 0 aliphatic heterocycles. The SMILES string of the molecule is CCC(C)(CN)C(=O)Nc1cc(C(=O)NC)ccc1Cl. The predicted molar refractivity (Wildman–Crippen MR) is 80.9 cm³/mol. The van der Waals surface area contributed by atoms with E-state index in [1.807, 2.05) is 6.92 Å². The number of hydrogen-bond donors (Lipinski definition) is 3. The molecule has 1 atom stereocenters. The fourth-order valence-corrected chi connectivity index (χ4v) is 1.74. The van der Waals surface area contributed by atoms with Crippen molar-refractivity contribution < 1.29 is 9.59 Å². The molecular formula is C14H20ClN3O2. The van der Waals surface area contributed by atoms with Gasteiger partial charge in [-0.05, 0) is 31.5 Å². The van der Waals surface area contributed by atoms with Crippen LogP contribution in [0.15, 0.2) is 18.2 Å². The zero-order chi connectivity index (χ0) is 15.3. The van der Waals surface area contributed by atoms with Crippen LogP contribution in [0.5, 0.6) is 0 Å². The number of halogens is 1. The van der Waals surface area contributed by atoms with Crippen molar-refractivity contribution in [3.8, 4) is 0 Å². The van der Waals surface area contributed by atoms with Gasteiger partial charge in [-0.2, -0.15) is 0 Å². The molecule has 4 N–H and O–H groups in total. The number of nitrogens with two attached hydrogens (primary N) is 1. The second-order valence-corrected chi connectivity index (χ2v) is 5.25. The summed E-state index contributed by atoms with van der Waals surface area (Å²) < 4.78 is 0. The van der Waals surface area contributed by atoms with E-state index < -0.39 is 5.41 Å². The Morgan fingerprint density at radius 1 is 1.40 bits per heavy atom. The van der Waals surface area contributed by atoms with Crippen LogP contribution < -0.4 is 16.4 Å². The quantitative estimate of drug-likeness (QED) is 0.777. The summed E-state index contributed by atoms with van der Waals surface area (Å²) in [6.45, 7) is 3.93. The first-order chi connectivity index (χ1) is 9.37. The zero-order valence-corrected chi connectivity index (χ0v) is 12.7. The van der Waals surface area contributed by atoms with Crippen LogP contribution in [0.25, 0.3) is 0 Å². The van der Waals surface area contributed by atoms with Crippen molar-refractivity contribution in [1.29, 1.82) is 0 Å². The highest BCUT2D eigenvalue weighted by Crippen LogP contribution is 2.27. The van der Waals surface area contributed by atoms with Crippen molar-refractivity contribution in [1.82, 2.24) is 5.32 Å². The largest absolute Gasteiger partial charge is 0.355 e. The molecule has 1 aromatic rings. The van der Waals surface area contributed by atoms with Crippen LogP contribution in [0.1, 0.15) is 30.6 Å². The van der Waals surface area contributed by atoms with E-state index in [9.17, 15) is 9.59 Å². The van der Waals surface area contributed by atoms with E-state index in [2.05, 4.69) is 10.6 Å². The lowest BCUT2D eigenvalue weighted by Crippen LogP contribution is -2.39. The normalized spacial score (nSPS) is 13.4. The van der Waals surface area contributed by atoms with Gasteiger partial charge >= 0.3 is 0 Å². The third-order valence-electron chi connectivity index (χ3n) is 3.48. The summed E-state index contributed by atoms with van der Waals surface area (Å²) in [7, 11) is 1.54. The van der Waals surface area contributed by atoms with Crippen LogP contribution in [0, 0.1) is 5.41 Å². The van der Waals surface area contributed by atoms with Crippen molar-refractivity contribution in [3.05, 3.63) is 28.8 Å². The Hall–Kier alpha value is -1.59. The van der Waals surface area contributed by atoms with Gasteiger partial charge in [0.15, 0.2) is 0 Å². The number of hydrogen-bond acceptors (Lipinski definition) is 3. The standard InChI is InChI=1S/C14H20ClN3O2/c1-4-14(2,8-16)13(20)18-11-7-9(12(19)17-3)5-6-10(11)15/h5-7H,4,8,16H2,1-3H3,(H,17,19)(H,18,20). The van der Waals surface area contributed by atoms with Gasteiger partial charge in [0.05, 0.1) is 16.1 Å². The summed E-state index contributed by atoms with van der Waals surface area (Å²) in [4.78, 5) is 23.8. The average molecular weight is 298 g/mol. The molecule has 1 unspecified atom stereocenters. The average Bonchev–Trinajstić information content (AvgIpc) is 2.47. The first kappa shape index (κ1) is 16.5. The molecule has 2 amide bonds. The molecule has 0 aliphatic carbocycles. The van der Waals surface area contributed by atoms with Gasteiger partial charge in [-0.25, -0.2) is 0 Å². The Labute approximate surface area is 123 Å². The maximum atomic E-state index is 12.2. The van der Waals surface area contributed by atoms with Gasteiger partial charge in [0.25, 0.3) is 5.91 Å². The van der Waals surface area contributed by atoms with E-state index in [1.54, 1.807) is 25.1 Å². The van der Waals surface area contributed by atoms with E-state index in [-0.39, 0.29) is 18.4 Å². The maximum absolute atomic E-state index is 12.2. The van der Waals surface area contributed by atoms with Crippen LogP contribution in [0.4, 0.5) is 5.69 Å². The van der Waals surface area contributed by atoms with Crippen LogP contribution in [0.3, 0.4) is 0 Å². The Morgan fingerprint density at radius 2 is 2.05 bits per heavy atom. The lowest BCUT2D eigenvalue weighted by molar-refractivity contribution is -0.124. The van der Waals surface area contributed by atoms with Gasteiger partial charge < -0.3 is 16.4 Å². The predicted octanol–water partition coefficient (Wildman–Crippen LogP) is 2.01. The number of amides is 2. The van der Waals surface area contributed by atoms with E-state index in [1.165, 1.54) is 7.05 Å². The maximum Gasteiger partial charge on any atom is 0.251 e. The molecule has 0 aromatic heterocycles. The van der Waals surface area contributed by atoms with Gasteiger partial charge in [-0.1, -0.05) is 18.5 Å². The third kappa shape index (κ3) is 3.49. The summed E-state index contributed by atoms with van der Waals surface area (Å²) in [5.74, 6) is -0.451. The van der Waals surface area contributed by atoms with Crippen LogP contribution in [0.2, 0.25) is 5.02 Å². The highest BCUT2D eigenvalue weighted by molar-refractivity contribution is 6.34. The highest BCUT2D eigenvalue weighted by Gasteiger charge is 2.30. The summed E-state index contributed by atoms with van der Waals surface area (Å²) in [6, 6.07) is 4.72. The van der Waals surface area contributed by atoms with E-state index >= 15 is 0 Å². The highest BCUT2D eigenvalue weighted by atomic mass is 35.5. The number of carbonyl (C=O) groups excluding carboxylic acids is 2. The van der Waals surface area contributed by atoms with E-state index in [0.29, 0.717) is 22.7 Å². The van der Waals surface area contributed by atoms with Crippen molar-refractivity contribution >= 4 is 29.1 Å². The van der Waals surface area contributed by atoms with Gasteiger partial charge in [0, 0.05) is 19.2 Å². The molecule has 110 valence electrons. The number of rotatable bonds is 5. The van der Waals surface area contributed by atoms with Crippen molar-refractivity contribution in [2.45, 2.75) is 20.3 Å². The van der Waals surface area contributed by atoms with E-state index in [0.717, 1.165) is 0 Å². The van der Waals surface area contributed by atoms with Gasteiger partial charge in [-0.15, -0.1) is 0 Å². The second kappa shape index (κ2) is 6.72. The molecule has 0 aliphatic rings. The molecule has 0 saturated carbocycles. The Morgan fingerprint density at radius 3 is 2.55 bits per heavy atom. The first-order valence-electron chi connectivity index (χ1n) is 6.41. The summed E-state index contributed by atoms with van der Waals surface area (Å²) in [6.07, 6.45) is 0.613. The minimum atomic E-state index is -0.660. The Bertz CT molecular complexity index is 513. The molecule has 0 radical (unpaired) electrons. The molecule has 0 spiro atoms. The minimum absolute atomic E-state index is 0.210. The molecule has 0 fully saturated rings. The molecule has 20 heavy (non-hydrogen) atoms. The molecule has 6 heteroatoms.